The Balaban J connectivity index is 1.61. The van der Waals surface area contributed by atoms with E-state index in [0.717, 1.165) is 24.2 Å². The van der Waals surface area contributed by atoms with Crippen molar-refractivity contribution < 1.29 is 33.6 Å². The molecule has 1 aromatic carbocycles. The first-order valence-corrected chi connectivity index (χ1v) is 10.9. The molecule has 9 heteroatoms. The number of pyridine rings is 1. The van der Waals surface area contributed by atoms with Gasteiger partial charge in [-0.15, -0.1) is 0 Å². The van der Waals surface area contributed by atoms with Gasteiger partial charge in [-0.1, -0.05) is 25.0 Å². The van der Waals surface area contributed by atoms with Crippen LogP contribution in [-0.2, 0) is 20.9 Å². The Morgan fingerprint density at radius 3 is 2.58 bits per heavy atom. The van der Waals surface area contributed by atoms with Gasteiger partial charge in [-0.25, -0.2) is 9.78 Å². The Hall–Kier alpha value is -3.33. The number of cyclic esters (lactones) is 1. The minimum atomic E-state index is -0.854. The topological polar surface area (TPSA) is 116 Å². The molecule has 33 heavy (non-hydrogen) atoms. The third-order valence-electron chi connectivity index (χ3n) is 5.59. The van der Waals surface area contributed by atoms with Crippen molar-refractivity contribution in [3.05, 3.63) is 47.8 Å². The smallest absolute Gasteiger partial charge is 0.329 e. The van der Waals surface area contributed by atoms with Crippen molar-refractivity contribution in [1.82, 2.24) is 10.3 Å². The quantitative estimate of drug-likeness (QED) is 0.609. The van der Waals surface area contributed by atoms with Crippen molar-refractivity contribution in [2.24, 2.45) is 0 Å². The van der Waals surface area contributed by atoms with Gasteiger partial charge in [-0.2, -0.15) is 0 Å². The molecular formula is C24H30N2O7. The highest BCUT2D eigenvalue weighted by atomic mass is 16.6. The van der Waals surface area contributed by atoms with Gasteiger partial charge in [-0.05, 0) is 37.5 Å². The van der Waals surface area contributed by atoms with E-state index in [1.165, 1.54) is 19.4 Å². The Kier molecular flexibility index (Phi) is 8.48. The van der Waals surface area contributed by atoms with Gasteiger partial charge in [0.05, 0.1) is 26.9 Å². The highest BCUT2D eigenvalue weighted by Gasteiger charge is 2.31. The van der Waals surface area contributed by atoms with Crippen molar-refractivity contribution >= 4 is 11.9 Å². The van der Waals surface area contributed by atoms with E-state index in [1.54, 1.807) is 14.0 Å². The molecule has 0 bridgehead atoms. The van der Waals surface area contributed by atoms with Gasteiger partial charge in [0.1, 0.15) is 17.9 Å². The van der Waals surface area contributed by atoms with Crippen LogP contribution in [0, 0.1) is 0 Å². The standard InChI is InChI=1S/C24H30N2O7/c1-15-19(32-14-16-8-10-17(30-2)11-9-16)7-5-4-6-18(24(29)33-15)26-23(28)21-22(27)20(31-3)12-13-25-21/h8-13,15,18-19,27H,4-7,14H2,1-3H3,(H,26,28)/t15-,18-,19+/m0/s1. The van der Waals surface area contributed by atoms with Crippen LogP contribution in [0.5, 0.6) is 17.2 Å². The Morgan fingerprint density at radius 2 is 1.88 bits per heavy atom. The van der Waals surface area contributed by atoms with Crippen LogP contribution < -0.4 is 14.8 Å². The molecule has 1 amide bonds. The van der Waals surface area contributed by atoms with Gasteiger partial charge >= 0.3 is 5.97 Å². The van der Waals surface area contributed by atoms with E-state index in [9.17, 15) is 14.7 Å². The lowest BCUT2D eigenvalue weighted by Gasteiger charge is -2.25. The van der Waals surface area contributed by atoms with Crippen LogP contribution in [-0.4, -0.2) is 54.4 Å². The molecule has 1 aliphatic heterocycles. The van der Waals surface area contributed by atoms with Crippen molar-refractivity contribution in [3.8, 4) is 17.2 Å². The van der Waals surface area contributed by atoms with Gasteiger partial charge in [0.25, 0.3) is 5.91 Å². The van der Waals surface area contributed by atoms with Gasteiger partial charge in [-0.3, -0.25) is 4.79 Å². The summed E-state index contributed by atoms with van der Waals surface area (Å²) >= 11 is 0. The minimum Gasteiger partial charge on any atom is -0.503 e. The summed E-state index contributed by atoms with van der Waals surface area (Å²) in [5, 5.41) is 12.8. The largest absolute Gasteiger partial charge is 0.503 e. The molecule has 9 nitrogen and oxygen atoms in total. The fourth-order valence-electron chi connectivity index (χ4n) is 3.66. The van der Waals surface area contributed by atoms with Crippen LogP contribution in [0.1, 0.15) is 48.7 Å². The average Bonchev–Trinajstić information content (AvgIpc) is 2.88. The number of aromatic nitrogens is 1. The molecule has 0 saturated carbocycles. The Morgan fingerprint density at radius 1 is 1.15 bits per heavy atom. The lowest BCUT2D eigenvalue weighted by atomic mass is 10.0. The molecule has 178 valence electrons. The van der Waals surface area contributed by atoms with Crippen LogP contribution in [0.2, 0.25) is 0 Å². The molecule has 0 spiro atoms. The molecule has 1 aliphatic rings. The first-order valence-electron chi connectivity index (χ1n) is 10.9. The summed E-state index contributed by atoms with van der Waals surface area (Å²) in [5.74, 6) is -0.702. The average molecular weight is 459 g/mol. The van der Waals surface area contributed by atoms with Crippen molar-refractivity contribution in [2.75, 3.05) is 14.2 Å². The fraction of sp³-hybridized carbons (Fsp3) is 0.458. The highest BCUT2D eigenvalue weighted by Crippen LogP contribution is 2.28. The maximum absolute atomic E-state index is 12.8. The van der Waals surface area contributed by atoms with Crippen LogP contribution in [0.15, 0.2) is 36.5 Å². The van der Waals surface area contributed by atoms with Crippen molar-refractivity contribution in [2.45, 2.75) is 57.5 Å². The van der Waals surface area contributed by atoms with E-state index in [1.807, 2.05) is 24.3 Å². The number of carbonyl (C=O) groups is 2. The normalized spacial score (nSPS) is 21.2. The summed E-state index contributed by atoms with van der Waals surface area (Å²) in [6, 6.07) is 8.18. The summed E-state index contributed by atoms with van der Waals surface area (Å²) in [4.78, 5) is 29.3. The first-order chi connectivity index (χ1) is 15.9. The number of rotatable bonds is 7. The summed E-state index contributed by atoms with van der Waals surface area (Å²) < 4.78 is 21.9. The molecule has 2 N–H and O–H groups in total. The van der Waals surface area contributed by atoms with Crippen LogP contribution in [0.4, 0.5) is 0 Å². The number of hydrogen-bond acceptors (Lipinski definition) is 8. The summed E-state index contributed by atoms with van der Waals surface area (Å²) in [5.41, 5.74) is 0.778. The van der Waals surface area contributed by atoms with Crippen molar-refractivity contribution in [1.29, 1.82) is 0 Å². The maximum atomic E-state index is 12.8. The van der Waals surface area contributed by atoms with E-state index < -0.39 is 24.0 Å². The predicted octanol–water partition coefficient (Wildman–Crippen LogP) is 2.99. The molecule has 0 radical (unpaired) electrons. The number of benzene rings is 1. The molecule has 0 unspecified atom stereocenters. The van der Waals surface area contributed by atoms with E-state index in [-0.39, 0.29) is 23.3 Å². The van der Waals surface area contributed by atoms with Crippen LogP contribution in [0.3, 0.4) is 0 Å². The third-order valence-corrected chi connectivity index (χ3v) is 5.59. The number of methoxy groups -OCH3 is 2. The molecule has 2 heterocycles. The summed E-state index contributed by atoms with van der Waals surface area (Å²) in [6.45, 7) is 2.17. The first kappa shape index (κ1) is 24.3. The molecule has 3 atom stereocenters. The van der Waals surface area contributed by atoms with Gasteiger partial charge in [0.15, 0.2) is 17.2 Å². The van der Waals surface area contributed by atoms with Crippen molar-refractivity contribution in [3.63, 3.8) is 0 Å². The van der Waals surface area contributed by atoms with E-state index in [0.29, 0.717) is 19.4 Å². The molecule has 1 aromatic heterocycles. The van der Waals surface area contributed by atoms with Crippen LogP contribution in [0.25, 0.3) is 0 Å². The zero-order chi connectivity index (χ0) is 23.8. The van der Waals surface area contributed by atoms with E-state index in [2.05, 4.69) is 10.3 Å². The lowest BCUT2D eigenvalue weighted by Crippen LogP contribution is -2.44. The minimum absolute atomic E-state index is 0.123. The molecule has 2 aromatic rings. The lowest BCUT2D eigenvalue weighted by molar-refractivity contribution is -0.158. The maximum Gasteiger partial charge on any atom is 0.329 e. The summed E-state index contributed by atoms with van der Waals surface area (Å²) in [7, 11) is 2.99. The molecule has 1 fully saturated rings. The fourth-order valence-corrected chi connectivity index (χ4v) is 3.66. The second-order valence-electron chi connectivity index (χ2n) is 7.86. The monoisotopic (exact) mass is 458 g/mol. The van der Waals surface area contributed by atoms with E-state index in [4.69, 9.17) is 18.9 Å². The van der Waals surface area contributed by atoms with Gasteiger partial charge < -0.3 is 29.4 Å². The second-order valence-corrected chi connectivity index (χ2v) is 7.86. The second kappa shape index (κ2) is 11.5. The highest BCUT2D eigenvalue weighted by molar-refractivity contribution is 5.97. The zero-order valence-corrected chi connectivity index (χ0v) is 19.1. The number of aromatic hydroxyl groups is 1. The number of hydrogen-bond donors (Lipinski definition) is 2. The Labute approximate surface area is 193 Å². The number of esters is 1. The number of nitrogens with one attached hydrogen (secondary N) is 1. The molecular weight excluding hydrogens is 428 g/mol. The number of carbonyl (C=O) groups excluding carboxylic acids is 2. The van der Waals surface area contributed by atoms with Gasteiger partial charge in [0.2, 0.25) is 0 Å². The SMILES string of the molecule is COc1ccc(CO[C@@H]2CCCC[C@H](NC(=O)c3nccc(OC)c3O)C(=O)O[C@H]2C)cc1. The Bertz CT molecular complexity index is 948. The number of nitrogens with zero attached hydrogens (tertiary/aromatic N) is 1. The predicted molar refractivity (Wildman–Crippen MR) is 119 cm³/mol. The van der Waals surface area contributed by atoms with Gasteiger partial charge in [0, 0.05) is 12.3 Å². The van der Waals surface area contributed by atoms with Crippen LogP contribution >= 0.6 is 0 Å². The number of amides is 1. The number of ether oxygens (including phenoxy) is 4. The summed E-state index contributed by atoms with van der Waals surface area (Å²) in [6.07, 6.45) is 3.24. The van der Waals surface area contributed by atoms with E-state index >= 15 is 0 Å². The molecule has 0 aliphatic carbocycles. The molecule has 3 rings (SSSR count). The third kappa shape index (κ3) is 6.35. The molecule has 1 saturated heterocycles. The zero-order valence-electron chi connectivity index (χ0n) is 19.1.